The van der Waals surface area contributed by atoms with Crippen LogP contribution in [-0.4, -0.2) is 22.6 Å². The molecule has 2 aromatic rings. The monoisotopic (exact) mass is 444 g/mol. The second-order valence-electron chi connectivity index (χ2n) is 6.23. The van der Waals surface area contributed by atoms with Crippen molar-refractivity contribution in [2.45, 2.75) is 26.4 Å². The van der Waals surface area contributed by atoms with Crippen LogP contribution in [0.5, 0.6) is 0 Å². The first-order chi connectivity index (χ1) is 13.0. The molecule has 1 aliphatic rings. The fourth-order valence-electron chi connectivity index (χ4n) is 3.12. The number of allylic oxidation sites excluding steroid dienone is 1. The number of esters is 1. The lowest BCUT2D eigenvalue weighted by Gasteiger charge is -2.37. The van der Waals surface area contributed by atoms with Crippen molar-refractivity contribution in [1.29, 1.82) is 0 Å². The summed E-state index contributed by atoms with van der Waals surface area (Å²) in [7, 11) is 0. The first kappa shape index (κ1) is 19.6. The number of carbonyl (C=O) groups is 1. The summed E-state index contributed by atoms with van der Waals surface area (Å²) < 4.78 is 6.33. The molecule has 0 fully saturated rings. The highest BCUT2D eigenvalue weighted by molar-refractivity contribution is 9.10. The van der Waals surface area contributed by atoms with Gasteiger partial charge in [0.15, 0.2) is 5.11 Å². The van der Waals surface area contributed by atoms with E-state index >= 15 is 0 Å². The SMILES string of the molecule is CCOC(=O)C1=C(C)N(Cc2ccccc2)C(=S)N[C@H]1c1ccc(Br)cc1. The van der Waals surface area contributed by atoms with Crippen molar-refractivity contribution in [2.24, 2.45) is 0 Å². The van der Waals surface area contributed by atoms with Crippen molar-refractivity contribution in [3.63, 3.8) is 0 Å². The lowest BCUT2D eigenvalue weighted by Crippen LogP contribution is -2.47. The zero-order valence-electron chi connectivity index (χ0n) is 15.2. The summed E-state index contributed by atoms with van der Waals surface area (Å²) >= 11 is 9.08. The van der Waals surface area contributed by atoms with Gasteiger partial charge in [-0.15, -0.1) is 0 Å². The van der Waals surface area contributed by atoms with Crippen molar-refractivity contribution >= 4 is 39.2 Å². The van der Waals surface area contributed by atoms with Crippen molar-refractivity contribution in [2.75, 3.05) is 6.61 Å². The van der Waals surface area contributed by atoms with Crippen molar-refractivity contribution < 1.29 is 9.53 Å². The number of benzene rings is 2. The number of hydrogen-bond donors (Lipinski definition) is 1. The molecule has 1 heterocycles. The molecule has 1 atom stereocenters. The van der Waals surface area contributed by atoms with Crippen LogP contribution in [0.3, 0.4) is 0 Å². The molecule has 1 N–H and O–H groups in total. The van der Waals surface area contributed by atoms with Gasteiger partial charge in [0, 0.05) is 16.7 Å². The van der Waals surface area contributed by atoms with Gasteiger partial charge in [-0.2, -0.15) is 0 Å². The van der Waals surface area contributed by atoms with Crippen LogP contribution in [-0.2, 0) is 16.1 Å². The van der Waals surface area contributed by atoms with Crippen molar-refractivity contribution in [3.8, 4) is 0 Å². The highest BCUT2D eigenvalue weighted by atomic mass is 79.9. The van der Waals surface area contributed by atoms with E-state index in [1.165, 1.54) is 0 Å². The normalized spacial score (nSPS) is 16.9. The number of carbonyl (C=O) groups excluding carboxylic acids is 1. The lowest BCUT2D eigenvalue weighted by molar-refractivity contribution is -0.139. The molecule has 4 nitrogen and oxygen atoms in total. The molecule has 0 amide bonds. The fourth-order valence-corrected chi connectivity index (χ4v) is 3.70. The van der Waals surface area contributed by atoms with Gasteiger partial charge in [0.2, 0.25) is 0 Å². The van der Waals surface area contributed by atoms with Crippen molar-refractivity contribution in [1.82, 2.24) is 10.2 Å². The Bertz CT molecular complexity index is 866. The molecule has 0 unspecified atom stereocenters. The minimum atomic E-state index is -0.336. The molecule has 0 aliphatic carbocycles. The summed E-state index contributed by atoms with van der Waals surface area (Å²) in [5.41, 5.74) is 3.48. The quantitative estimate of drug-likeness (QED) is 0.533. The van der Waals surface area contributed by atoms with Crippen LogP contribution in [0.25, 0.3) is 0 Å². The summed E-state index contributed by atoms with van der Waals surface area (Å²) in [6.45, 7) is 4.65. The molecular formula is C21H21BrN2O2S. The van der Waals surface area contributed by atoms with Gasteiger partial charge in [0.25, 0.3) is 0 Å². The lowest BCUT2D eigenvalue weighted by atomic mass is 9.95. The molecule has 0 radical (unpaired) electrons. The van der Waals surface area contributed by atoms with Crippen LogP contribution in [0.15, 0.2) is 70.3 Å². The Morgan fingerprint density at radius 2 is 1.85 bits per heavy atom. The Morgan fingerprint density at radius 3 is 2.48 bits per heavy atom. The Labute approximate surface area is 173 Å². The second-order valence-corrected chi connectivity index (χ2v) is 7.53. The Morgan fingerprint density at radius 1 is 1.19 bits per heavy atom. The summed E-state index contributed by atoms with van der Waals surface area (Å²) in [4.78, 5) is 14.7. The molecule has 0 saturated carbocycles. The molecule has 0 saturated heterocycles. The summed E-state index contributed by atoms with van der Waals surface area (Å²) in [6.07, 6.45) is 0. The third-order valence-corrected chi connectivity index (χ3v) is 5.35. The number of hydrogen-bond acceptors (Lipinski definition) is 3. The van der Waals surface area contributed by atoms with Gasteiger partial charge < -0.3 is 15.0 Å². The molecule has 1 aliphatic heterocycles. The van der Waals surface area contributed by atoms with Gasteiger partial charge in [-0.05, 0) is 49.3 Å². The maximum absolute atomic E-state index is 12.8. The van der Waals surface area contributed by atoms with E-state index in [0.717, 1.165) is 21.3 Å². The highest BCUT2D eigenvalue weighted by Gasteiger charge is 2.34. The predicted octanol–water partition coefficient (Wildman–Crippen LogP) is 4.72. The summed E-state index contributed by atoms with van der Waals surface area (Å²) in [5, 5.41) is 3.92. The molecule has 27 heavy (non-hydrogen) atoms. The van der Waals surface area contributed by atoms with Gasteiger partial charge in [-0.3, -0.25) is 0 Å². The first-order valence-electron chi connectivity index (χ1n) is 8.76. The topological polar surface area (TPSA) is 41.6 Å². The van der Waals surface area contributed by atoms with Crippen LogP contribution in [0.1, 0.15) is 31.0 Å². The van der Waals surface area contributed by atoms with E-state index in [9.17, 15) is 4.79 Å². The number of halogens is 1. The molecule has 0 spiro atoms. The van der Waals surface area contributed by atoms with E-state index in [1.54, 1.807) is 0 Å². The maximum Gasteiger partial charge on any atom is 0.338 e. The zero-order valence-corrected chi connectivity index (χ0v) is 17.6. The number of thiocarbonyl (C=S) groups is 1. The molecule has 0 aromatic heterocycles. The Balaban J connectivity index is 2.02. The van der Waals surface area contributed by atoms with E-state index in [1.807, 2.05) is 73.3 Å². The highest BCUT2D eigenvalue weighted by Crippen LogP contribution is 2.32. The molecule has 140 valence electrons. The molecule has 6 heteroatoms. The minimum absolute atomic E-state index is 0.323. The molecule has 0 bridgehead atoms. The number of nitrogens with one attached hydrogen (secondary N) is 1. The van der Waals surface area contributed by atoms with E-state index in [4.69, 9.17) is 17.0 Å². The number of nitrogens with zero attached hydrogens (tertiary/aromatic N) is 1. The van der Waals surface area contributed by atoms with Crippen LogP contribution in [0.2, 0.25) is 0 Å². The van der Waals surface area contributed by atoms with Crippen molar-refractivity contribution in [3.05, 3.63) is 81.5 Å². The van der Waals surface area contributed by atoms with Gasteiger partial charge in [0.1, 0.15) is 0 Å². The Kier molecular flexibility index (Phi) is 6.29. The van der Waals surface area contributed by atoms with Gasteiger partial charge in [0.05, 0.1) is 18.2 Å². The van der Waals surface area contributed by atoms with E-state index in [-0.39, 0.29) is 12.0 Å². The molecule has 3 rings (SSSR count). The van der Waals surface area contributed by atoms with E-state index in [0.29, 0.717) is 23.8 Å². The smallest absolute Gasteiger partial charge is 0.338 e. The van der Waals surface area contributed by atoms with Crippen LogP contribution in [0, 0.1) is 0 Å². The minimum Gasteiger partial charge on any atom is -0.463 e. The second kappa shape index (κ2) is 8.67. The molecule has 2 aromatic carbocycles. The van der Waals surface area contributed by atoms with Gasteiger partial charge >= 0.3 is 5.97 Å². The standard InChI is InChI=1S/C21H21BrN2O2S/c1-3-26-20(25)18-14(2)24(13-15-7-5-4-6-8-15)21(27)23-19(18)16-9-11-17(22)12-10-16/h4-12,19H,3,13H2,1-2H3,(H,23,27)/t19-/m0/s1. The summed E-state index contributed by atoms with van der Waals surface area (Å²) in [6, 6.07) is 17.6. The largest absolute Gasteiger partial charge is 0.463 e. The average molecular weight is 445 g/mol. The van der Waals surface area contributed by atoms with Crippen LogP contribution >= 0.6 is 28.1 Å². The number of rotatable bonds is 5. The number of ether oxygens (including phenoxy) is 1. The fraction of sp³-hybridized carbons (Fsp3) is 0.238. The third-order valence-electron chi connectivity index (χ3n) is 4.48. The summed E-state index contributed by atoms with van der Waals surface area (Å²) in [5.74, 6) is -0.323. The van der Waals surface area contributed by atoms with E-state index in [2.05, 4.69) is 21.2 Å². The van der Waals surface area contributed by atoms with Crippen LogP contribution < -0.4 is 5.32 Å². The predicted molar refractivity (Wildman–Crippen MR) is 114 cm³/mol. The zero-order chi connectivity index (χ0) is 19.4. The van der Waals surface area contributed by atoms with Crippen LogP contribution in [0.4, 0.5) is 0 Å². The average Bonchev–Trinajstić information content (AvgIpc) is 2.66. The van der Waals surface area contributed by atoms with E-state index < -0.39 is 0 Å². The van der Waals surface area contributed by atoms with Gasteiger partial charge in [-0.25, -0.2) is 4.79 Å². The third kappa shape index (κ3) is 4.39. The van der Waals surface area contributed by atoms with Gasteiger partial charge in [-0.1, -0.05) is 58.4 Å². The first-order valence-corrected chi connectivity index (χ1v) is 9.96. The maximum atomic E-state index is 12.8. The Hall–Kier alpha value is -2.18. The molecular weight excluding hydrogens is 424 g/mol.